The quantitative estimate of drug-likeness (QED) is 0.343. The Bertz CT molecular complexity index is 985. The van der Waals surface area contributed by atoms with Crippen molar-refractivity contribution in [3.63, 3.8) is 0 Å². The first-order valence-corrected chi connectivity index (χ1v) is 12.2. The highest BCUT2D eigenvalue weighted by atomic mass is 16.6. The summed E-state index contributed by atoms with van der Waals surface area (Å²) in [6, 6.07) is 0. The molecule has 0 radical (unpaired) electrons. The number of allylic oxidation sites excluding steroid dienone is 1. The van der Waals surface area contributed by atoms with E-state index in [9.17, 15) is 29.4 Å². The van der Waals surface area contributed by atoms with Gasteiger partial charge in [0.1, 0.15) is 18.3 Å². The minimum atomic E-state index is -1.40. The molecule has 2 N–H and O–H groups in total. The lowest BCUT2D eigenvalue weighted by atomic mass is 9.37. The minimum Gasteiger partial charge on any atom is -0.462 e. The number of Topliss-reactive ketones (excluding diaryl/α,β-unsaturated/α-hetero) is 1. The first-order valence-electron chi connectivity index (χ1n) is 12.2. The highest BCUT2D eigenvalue weighted by Crippen LogP contribution is 2.72. The number of carbonyl (C=O) groups is 4. The molecule has 0 unspecified atom stereocenters. The molecule has 0 heterocycles. The monoisotopic (exact) mass is 492 g/mol. The first-order chi connectivity index (χ1) is 16.1. The molecular weight excluding hydrogens is 456 g/mol. The summed E-state index contributed by atoms with van der Waals surface area (Å²) in [6.07, 6.45) is -4.46. The van der Waals surface area contributed by atoms with Crippen LogP contribution in [0, 0.1) is 34.0 Å². The van der Waals surface area contributed by atoms with Crippen molar-refractivity contribution in [2.45, 2.75) is 91.3 Å². The number of aliphatic hydroxyl groups excluding tert-OH is 2. The number of aliphatic hydroxyl groups is 2. The van der Waals surface area contributed by atoms with E-state index in [0.29, 0.717) is 12.0 Å². The van der Waals surface area contributed by atoms with E-state index in [4.69, 9.17) is 14.2 Å². The standard InChI is InChI=1S/C26H36O9/c1-11-15-8-16(30)20-25(7)18(34-13(3)28)9-17(33-12(2)27)24(5,6)21(25)19(31)23(35-14(4)29)26(20,10-15)22(11)32/h15-21,23,30-31H,1,8-10H2,2-7H3/t15-,16+,17+,18+,19-,20+,21-,23+,25+,26+/m1/s1. The fraction of sp³-hybridized carbons (Fsp3) is 0.769. The molecule has 4 fully saturated rings. The topological polar surface area (TPSA) is 136 Å². The summed E-state index contributed by atoms with van der Waals surface area (Å²) in [5.74, 6) is -3.91. The van der Waals surface area contributed by atoms with Gasteiger partial charge in [-0.2, -0.15) is 0 Å². The van der Waals surface area contributed by atoms with E-state index in [1.807, 2.05) is 20.8 Å². The van der Waals surface area contributed by atoms with Crippen molar-refractivity contribution in [3.05, 3.63) is 12.2 Å². The highest BCUT2D eigenvalue weighted by Gasteiger charge is 2.79. The lowest BCUT2D eigenvalue weighted by molar-refractivity contribution is -0.307. The van der Waals surface area contributed by atoms with Crippen molar-refractivity contribution in [2.75, 3.05) is 0 Å². The van der Waals surface area contributed by atoms with Crippen LogP contribution in [0.25, 0.3) is 0 Å². The predicted octanol–water partition coefficient (Wildman–Crippen LogP) is 1.72. The van der Waals surface area contributed by atoms with E-state index in [0.717, 1.165) is 0 Å². The Morgan fingerprint density at radius 1 is 0.886 bits per heavy atom. The number of rotatable bonds is 3. The van der Waals surface area contributed by atoms with Gasteiger partial charge in [0.25, 0.3) is 0 Å². The molecule has 0 aromatic rings. The maximum Gasteiger partial charge on any atom is 0.303 e. The van der Waals surface area contributed by atoms with Gasteiger partial charge in [0, 0.05) is 49.9 Å². The number of ether oxygens (including phenoxy) is 3. The minimum absolute atomic E-state index is 0.141. The Labute approximate surface area is 205 Å². The highest BCUT2D eigenvalue weighted by molar-refractivity contribution is 6.04. The Morgan fingerprint density at radius 2 is 1.43 bits per heavy atom. The van der Waals surface area contributed by atoms with Crippen LogP contribution in [0.5, 0.6) is 0 Å². The third-order valence-electron chi connectivity index (χ3n) is 9.42. The fourth-order valence-electron chi connectivity index (χ4n) is 8.53. The van der Waals surface area contributed by atoms with Gasteiger partial charge in [0.2, 0.25) is 0 Å². The lowest BCUT2D eigenvalue weighted by Gasteiger charge is -2.69. The van der Waals surface area contributed by atoms with Gasteiger partial charge < -0.3 is 24.4 Å². The SMILES string of the molecule is C=C1C(=O)[C@]23C[C@H]1C[C@H](O)[C@H]2[C@]1(C)[C@@H](OC(C)=O)C[C@H](OC(C)=O)C(C)(C)[C@H]1[C@@H](O)[C@@H]3OC(C)=O. The Hall–Kier alpha value is -2.26. The van der Waals surface area contributed by atoms with Gasteiger partial charge in [0.05, 0.1) is 17.6 Å². The summed E-state index contributed by atoms with van der Waals surface area (Å²) in [6.45, 7) is 13.3. The number of esters is 3. The Morgan fingerprint density at radius 3 is 1.97 bits per heavy atom. The van der Waals surface area contributed by atoms with E-state index in [1.54, 1.807) is 0 Å². The molecule has 4 aliphatic carbocycles. The van der Waals surface area contributed by atoms with Crippen LogP contribution >= 0.6 is 0 Å². The molecule has 0 amide bonds. The predicted molar refractivity (Wildman–Crippen MR) is 121 cm³/mol. The Balaban J connectivity index is 1.98. The second kappa shape index (κ2) is 8.13. The zero-order valence-corrected chi connectivity index (χ0v) is 21.2. The third-order valence-corrected chi connectivity index (χ3v) is 9.42. The van der Waals surface area contributed by atoms with Gasteiger partial charge in [-0.1, -0.05) is 27.4 Å². The average Bonchev–Trinajstić information content (AvgIpc) is 2.89. The van der Waals surface area contributed by atoms with Crippen molar-refractivity contribution in [3.8, 4) is 0 Å². The zero-order chi connectivity index (χ0) is 26.2. The fourth-order valence-corrected chi connectivity index (χ4v) is 8.53. The summed E-state index contributed by atoms with van der Waals surface area (Å²) >= 11 is 0. The van der Waals surface area contributed by atoms with Crippen LogP contribution in [0.1, 0.15) is 60.8 Å². The molecule has 4 aliphatic rings. The van der Waals surface area contributed by atoms with Crippen LogP contribution in [0.15, 0.2) is 12.2 Å². The Kier molecular flexibility index (Phi) is 6.00. The smallest absolute Gasteiger partial charge is 0.303 e. The average molecular weight is 493 g/mol. The van der Waals surface area contributed by atoms with Crippen LogP contribution < -0.4 is 0 Å². The van der Waals surface area contributed by atoms with Gasteiger partial charge in [-0.05, 0) is 24.3 Å². The molecule has 4 rings (SSSR count). The molecule has 0 saturated heterocycles. The van der Waals surface area contributed by atoms with E-state index in [1.165, 1.54) is 20.8 Å². The maximum absolute atomic E-state index is 13.9. The molecular formula is C26H36O9. The molecule has 194 valence electrons. The van der Waals surface area contributed by atoms with Crippen molar-refractivity contribution >= 4 is 23.7 Å². The summed E-state index contributed by atoms with van der Waals surface area (Å²) in [7, 11) is 0. The second-order valence-electron chi connectivity index (χ2n) is 11.7. The first kappa shape index (κ1) is 25.8. The van der Waals surface area contributed by atoms with Gasteiger partial charge in [-0.25, -0.2) is 0 Å². The lowest BCUT2D eigenvalue weighted by Crippen LogP contribution is -2.76. The van der Waals surface area contributed by atoms with Crippen LogP contribution in [0.2, 0.25) is 0 Å². The molecule has 9 nitrogen and oxygen atoms in total. The van der Waals surface area contributed by atoms with Crippen LogP contribution in [0.3, 0.4) is 0 Å². The van der Waals surface area contributed by atoms with Crippen molar-refractivity contribution in [1.29, 1.82) is 0 Å². The number of hydrogen-bond donors (Lipinski definition) is 2. The van der Waals surface area contributed by atoms with E-state index >= 15 is 0 Å². The van der Waals surface area contributed by atoms with Crippen molar-refractivity contribution in [2.24, 2.45) is 34.0 Å². The summed E-state index contributed by atoms with van der Waals surface area (Å²) < 4.78 is 17.2. The summed E-state index contributed by atoms with van der Waals surface area (Å²) in [5.41, 5.74) is -3.04. The molecule has 10 atom stereocenters. The molecule has 35 heavy (non-hydrogen) atoms. The second-order valence-corrected chi connectivity index (χ2v) is 11.7. The molecule has 4 saturated carbocycles. The third kappa shape index (κ3) is 3.41. The number of fused-ring (bicyclic) bond motifs is 3. The van der Waals surface area contributed by atoms with Gasteiger partial charge in [0.15, 0.2) is 5.78 Å². The number of ketones is 1. The van der Waals surface area contributed by atoms with E-state index in [-0.39, 0.29) is 24.5 Å². The molecule has 2 bridgehead atoms. The van der Waals surface area contributed by atoms with E-state index < -0.39 is 76.5 Å². The molecule has 0 aromatic carbocycles. The number of carbonyl (C=O) groups excluding carboxylic acids is 4. The molecule has 9 heteroatoms. The van der Waals surface area contributed by atoms with Gasteiger partial charge in [-0.3, -0.25) is 19.2 Å². The summed E-state index contributed by atoms with van der Waals surface area (Å²) in [5, 5.41) is 23.5. The molecule has 0 aliphatic heterocycles. The van der Waals surface area contributed by atoms with Crippen LogP contribution in [-0.4, -0.2) is 64.4 Å². The molecule has 0 aromatic heterocycles. The van der Waals surface area contributed by atoms with Crippen molar-refractivity contribution < 1.29 is 43.6 Å². The van der Waals surface area contributed by atoms with Gasteiger partial charge in [-0.15, -0.1) is 0 Å². The van der Waals surface area contributed by atoms with Crippen LogP contribution in [-0.2, 0) is 33.4 Å². The number of hydrogen-bond acceptors (Lipinski definition) is 9. The van der Waals surface area contributed by atoms with Crippen molar-refractivity contribution in [1.82, 2.24) is 0 Å². The maximum atomic E-state index is 13.9. The van der Waals surface area contributed by atoms with E-state index in [2.05, 4.69) is 6.58 Å². The zero-order valence-electron chi connectivity index (χ0n) is 21.2. The molecule has 1 spiro atoms. The largest absolute Gasteiger partial charge is 0.462 e. The van der Waals surface area contributed by atoms with Gasteiger partial charge >= 0.3 is 17.9 Å². The van der Waals surface area contributed by atoms with Crippen LogP contribution in [0.4, 0.5) is 0 Å². The summed E-state index contributed by atoms with van der Waals surface area (Å²) in [4.78, 5) is 50.3. The normalized spacial score (nSPS) is 45.7.